The van der Waals surface area contributed by atoms with Crippen LogP contribution >= 0.6 is 11.6 Å². The Morgan fingerprint density at radius 2 is 1.93 bits per heavy atom. The quantitative estimate of drug-likeness (QED) is 0.613. The molecule has 29 heavy (non-hydrogen) atoms. The predicted octanol–water partition coefficient (Wildman–Crippen LogP) is 3.98. The Morgan fingerprint density at radius 3 is 2.55 bits per heavy atom. The maximum absolute atomic E-state index is 12.4. The first-order valence-electron chi connectivity index (χ1n) is 9.34. The van der Waals surface area contributed by atoms with Crippen LogP contribution in [0, 0.1) is 6.92 Å². The number of nitrogens with zero attached hydrogens (tertiary/aromatic N) is 2. The van der Waals surface area contributed by atoms with Crippen LogP contribution in [-0.2, 0) is 34.2 Å². The van der Waals surface area contributed by atoms with Crippen LogP contribution in [0.2, 0.25) is 5.02 Å². The van der Waals surface area contributed by atoms with Gasteiger partial charge in [0.05, 0.1) is 30.5 Å². The van der Waals surface area contributed by atoms with E-state index in [1.165, 1.54) is 14.2 Å². The van der Waals surface area contributed by atoms with Gasteiger partial charge in [-0.05, 0) is 31.4 Å². The standard InChI is InChI=1S/C21H24ClN3O4/c1-6-15-17(11(2)25(3)24-15)18-14(22)9-7-12-13(8-10-16(26)28-4)20(21(27)29-5)23-19(12)18/h7,9,23H,6,8,10H2,1-5H3. The number of methoxy groups -OCH3 is 2. The number of carbonyl (C=O) groups excluding carboxylic acids is 2. The highest BCUT2D eigenvalue weighted by molar-refractivity contribution is 6.35. The second-order valence-corrected chi connectivity index (χ2v) is 7.18. The molecular weight excluding hydrogens is 394 g/mol. The van der Waals surface area contributed by atoms with Gasteiger partial charge in [0.1, 0.15) is 5.69 Å². The zero-order valence-electron chi connectivity index (χ0n) is 17.2. The molecule has 3 aromatic rings. The first kappa shape index (κ1) is 20.9. The van der Waals surface area contributed by atoms with Gasteiger partial charge in [-0.15, -0.1) is 0 Å². The highest BCUT2D eigenvalue weighted by Crippen LogP contribution is 2.40. The van der Waals surface area contributed by atoms with Gasteiger partial charge in [0.2, 0.25) is 0 Å². The van der Waals surface area contributed by atoms with E-state index in [1.807, 2.05) is 37.7 Å². The maximum Gasteiger partial charge on any atom is 0.354 e. The van der Waals surface area contributed by atoms with Crippen LogP contribution < -0.4 is 0 Å². The van der Waals surface area contributed by atoms with Gasteiger partial charge in [0, 0.05) is 35.7 Å². The number of carbonyl (C=O) groups is 2. The highest BCUT2D eigenvalue weighted by Gasteiger charge is 2.25. The molecule has 0 aliphatic rings. The van der Waals surface area contributed by atoms with Crippen molar-refractivity contribution in [2.75, 3.05) is 14.2 Å². The number of esters is 2. The molecule has 8 heteroatoms. The minimum Gasteiger partial charge on any atom is -0.469 e. The predicted molar refractivity (Wildman–Crippen MR) is 111 cm³/mol. The van der Waals surface area contributed by atoms with Crippen molar-refractivity contribution >= 4 is 34.4 Å². The lowest BCUT2D eigenvalue weighted by Gasteiger charge is -2.09. The number of hydrogen-bond donors (Lipinski definition) is 1. The van der Waals surface area contributed by atoms with Crippen LogP contribution in [0.1, 0.15) is 40.8 Å². The van der Waals surface area contributed by atoms with Gasteiger partial charge in [-0.3, -0.25) is 9.48 Å². The van der Waals surface area contributed by atoms with E-state index in [4.69, 9.17) is 21.1 Å². The number of benzene rings is 1. The van der Waals surface area contributed by atoms with E-state index < -0.39 is 5.97 Å². The third kappa shape index (κ3) is 3.62. The molecule has 1 aromatic carbocycles. The summed E-state index contributed by atoms with van der Waals surface area (Å²) in [4.78, 5) is 27.3. The average Bonchev–Trinajstić information content (AvgIpc) is 3.23. The van der Waals surface area contributed by atoms with Crippen molar-refractivity contribution in [1.82, 2.24) is 14.8 Å². The zero-order valence-corrected chi connectivity index (χ0v) is 17.9. The van der Waals surface area contributed by atoms with Crippen LogP contribution in [0.5, 0.6) is 0 Å². The van der Waals surface area contributed by atoms with Crippen molar-refractivity contribution < 1.29 is 19.1 Å². The number of ether oxygens (including phenoxy) is 2. The average molecular weight is 418 g/mol. The normalized spacial score (nSPS) is 11.1. The molecule has 0 spiro atoms. The molecule has 1 N–H and O–H groups in total. The van der Waals surface area contributed by atoms with E-state index in [0.717, 1.165) is 39.8 Å². The summed E-state index contributed by atoms with van der Waals surface area (Å²) in [6.07, 6.45) is 1.23. The Kier molecular flexibility index (Phi) is 5.98. The second-order valence-electron chi connectivity index (χ2n) is 6.78. The summed E-state index contributed by atoms with van der Waals surface area (Å²) >= 11 is 6.63. The molecule has 0 saturated carbocycles. The minimum absolute atomic E-state index is 0.150. The Labute approximate surface area is 173 Å². The number of aromatic amines is 1. The number of hydrogen-bond acceptors (Lipinski definition) is 5. The summed E-state index contributed by atoms with van der Waals surface area (Å²) in [5.74, 6) is -0.845. The minimum atomic E-state index is -0.498. The third-order valence-electron chi connectivity index (χ3n) is 5.22. The molecular formula is C21H24ClN3O4. The molecule has 154 valence electrons. The number of nitrogens with one attached hydrogen (secondary N) is 1. The van der Waals surface area contributed by atoms with E-state index in [0.29, 0.717) is 22.7 Å². The van der Waals surface area contributed by atoms with Crippen LogP contribution in [0.25, 0.3) is 22.0 Å². The Balaban J connectivity index is 2.31. The molecule has 0 atom stereocenters. The lowest BCUT2D eigenvalue weighted by atomic mass is 9.97. The topological polar surface area (TPSA) is 86.2 Å². The Bertz CT molecular complexity index is 1100. The molecule has 2 aromatic heterocycles. The number of H-pyrrole nitrogens is 1. The lowest BCUT2D eigenvalue weighted by molar-refractivity contribution is -0.140. The van der Waals surface area contributed by atoms with E-state index in [-0.39, 0.29) is 12.4 Å². The van der Waals surface area contributed by atoms with Gasteiger partial charge in [-0.25, -0.2) is 4.79 Å². The van der Waals surface area contributed by atoms with Gasteiger partial charge in [-0.2, -0.15) is 5.10 Å². The molecule has 2 heterocycles. The number of halogens is 1. The van der Waals surface area contributed by atoms with E-state index >= 15 is 0 Å². The first-order valence-corrected chi connectivity index (χ1v) is 9.72. The Morgan fingerprint density at radius 1 is 1.21 bits per heavy atom. The van der Waals surface area contributed by atoms with Crippen LogP contribution in [0.4, 0.5) is 0 Å². The number of aryl methyl sites for hydroxylation is 3. The summed E-state index contributed by atoms with van der Waals surface area (Å²) in [5.41, 5.74) is 5.38. The van der Waals surface area contributed by atoms with Crippen molar-refractivity contribution in [1.29, 1.82) is 0 Å². The summed E-state index contributed by atoms with van der Waals surface area (Å²) in [5, 5.41) is 5.97. The fourth-order valence-electron chi connectivity index (χ4n) is 3.65. The fraction of sp³-hybridized carbons (Fsp3) is 0.381. The fourth-order valence-corrected chi connectivity index (χ4v) is 3.90. The second kappa shape index (κ2) is 8.29. The van der Waals surface area contributed by atoms with Crippen molar-refractivity contribution in [2.24, 2.45) is 7.05 Å². The molecule has 0 amide bonds. The number of fused-ring (bicyclic) bond motifs is 1. The van der Waals surface area contributed by atoms with Crippen LogP contribution in [-0.4, -0.2) is 40.9 Å². The molecule has 0 aliphatic carbocycles. The highest BCUT2D eigenvalue weighted by atomic mass is 35.5. The molecule has 3 rings (SSSR count). The Hall–Kier alpha value is -2.80. The number of rotatable bonds is 6. The van der Waals surface area contributed by atoms with Crippen molar-refractivity contribution in [2.45, 2.75) is 33.1 Å². The van der Waals surface area contributed by atoms with Gasteiger partial charge < -0.3 is 14.5 Å². The van der Waals surface area contributed by atoms with Crippen molar-refractivity contribution in [3.8, 4) is 11.1 Å². The molecule has 0 saturated heterocycles. The monoisotopic (exact) mass is 417 g/mol. The van der Waals surface area contributed by atoms with Crippen molar-refractivity contribution in [3.05, 3.63) is 39.8 Å². The molecule has 0 fully saturated rings. The lowest BCUT2D eigenvalue weighted by Crippen LogP contribution is -2.07. The SMILES string of the molecule is CCc1nn(C)c(C)c1-c1c(Cl)ccc2c(CCC(=O)OC)c(C(=O)OC)[nH]c12. The number of aromatic nitrogens is 3. The van der Waals surface area contributed by atoms with E-state index in [1.54, 1.807) is 0 Å². The van der Waals surface area contributed by atoms with E-state index in [2.05, 4.69) is 10.1 Å². The zero-order chi connectivity index (χ0) is 21.3. The molecule has 0 unspecified atom stereocenters. The van der Waals surface area contributed by atoms with Crippen LogP contribution in [0.3, 0.4) is 0 Å². The van der Waals surface area contributed by atoms with E-state index in [9.17, 15) is 9.59 Å². The van der Waals surface area contributed by atoms with Crippen LogP contribution in [0.15, 0.2) is 12.1 Å². The molecule has 0 aliphatic heterocycles. The maximum atomic E-state index is 12.4. The van der Waals surface area contributed by atoms with Gasteiger partial charge in [0.25, 0.3) is 0 Å². The van der Waals surface area contributed by atoms with Gasteiger partial charge in [0.15, 0.2) is 0 Å². The molecule has 0 radical (unpaired) electrons. The first-order chi connectivity index (χ1) is 13.8. The summed E-state index contributed by atoms with van der Waals surface area (Å²) in [6.45, 7) is 4.02. The summed E-state index contributed by atoms with van der Waals surface area (Å²) < 4.78 is 11.5. The van der Waals surface area contributed by atoms with Gasteiger partial charge in [-0.1, -0.05) is 24.6 Å². The summed E-state index contributed by atoms with van der Waals surface area (Å²) in [6, 6.07) is 3.66. The summed E-state index contributed by atoms with van der Waals surface area (Å²) in [7, 11) is 4.56. The largest absolute Gasteiger partial charge is 0.469 e. The third-order valence-corrected chi connectivity index (χ3v) is 5.53. The molecule has 0 bridgehead atoms. The van der Waals surface area contributed by atoms with Gasteiger partial charge >= 0.3 is 11.9 Å². The smallest absolute Gasteiger partial charge is 0.354 e. The molecule has 7 nitrogen and oxygen atoms in total. The van der Waals surface area contributed by atoms with Crippen molar-refractivity contribution in [3.63, 3.8) is 0 Å².